The highest BCUT2D eigenvalue weighted by atomic mass is 79.9. The number of amides is 2. The Bertz CT molecular complexity index is 1180. The van der Waals surface area contributed by atoms with Gasteiger partial charge in [-0.05, 0) is 52.2 Å². The number of nitrogens with zero attached hydrogens (tertiary/aromatic N) is 4. The van der Waals surface area contributed by atoms with E-state index in [-0.39, 0.29) is 23.6 Å². The first-order chi connectivity index (χ1) is 14.3. The molecule has 0 saturated carbocycles. The third-order valence-corrected chi connectivity index (χ3v) is 4.92. The van der Waals surface area contributed by atoms with E-state index in [4.69, 9.17) is 16.9 Å². The summed E-state index contributed by atoms with van der Waals surface area (Å²) >= 11 is 9.48. The molecule has 0 aliphatic heterocycles. The number of anilines is 1. The van der Waals surface area contributed by atoms with Crippen molar-refractivity contribution in [2.45, 2.75) is 13.3 Å². The summed E-state index contributed by atoms with van der Waals surface area (Å²) in [6.45, 7) is 1.76. The molecule has 10 heteroatoms. The van der Waals surface area contributed by atoms with Gasteiger partial charge >= 0.3 is 0 Å². The molecule has 2 aromatic heterocycles. The molecule has 3 rings (SSSR count). The summed E-state index contributed by atoms with van der Waals surface area (Å²) < 4.78 is 1.74. The topological polar surface area (TPSA) is 113 Å². The minimum absolute atomic E-state index is 0.150. The number of pyridine rings is 1. The zero-order valence-corrected chi connectivity index (χ0v) is 18.4. The van der Waals surface area contributed by atoms with Crippen LogP contribution >= 0.6 is 27.5 Å². The molecule has 2 N–H and O–H groups in total. The zero-order valence-electron chi connectivity index (χ0n) is 16.0. The van der Waals surface area contributed by atoms with Crippen LogP contribution in [0.25, 0.3) is 5.82 Å². The number of benzene rings is 1. The van der Waals surface area contributed by atoms with Crippen LogP contribution in [-0.2, 0) is 6.42 Å². The summed E-state index contributed by atoms with van der Waals surface area (Å²) in [7, 11) is 1.50. The summed E-state index contributed by atoms with van der Waals surface area (Å²) in [5.41, 5.74) is 2.11. The van der Waals surface area contributed by atoms with Crippen molar-refractivity contribution >= 4 is 45.0 Å². The molecule has 3 aromatic rings. The SMILES string of the molecule is CNC(=O)c1cc(CC#N)cc(C)c1NC(=O)c1cc(Br)nn1-c1ncccc1Cl. The van der Waals surface area contributed by atoms with Crippen LogP contribution < -0.4 is 10.6 Å². The van der Waals surface area contributed by atoms with E-state index in [1.165, 1.54) is 17.8 Å². The molecule has 0 aliphatic carbocycles. The van der Waals surface area contributed by atoms with Crippen molar-refractivity contribution in [3.8, 4) is 11.9 Å². The van der Waals surface area contributed by atoms with Crippen molar-refractivity contribution in [3.05, 3.63) is 68.5 Å². The number of carbonyl (C=O) groups excluding carboxylic acids is 2. The summed E-state index contributed by atoms with van der Waals surface area (Å²) in [5, 5.41) is 18.9. The number of aromatic nitrogens is 3. The highest BCUT2D eigenvalue weighted by Gasteiger charge is 2.22. The van der Waals surface area contributed by atoms with Crippen molar-refractivity contribution in [2.75, 3.05) is 12.4 Å². The Hall–Kier alpha value is -3.22. The Morgan fingerprint density at radius 1 is 1.30 bits per heavy atom. The molecule has 0 radical (unpaired) electrons. The van der Waals surface area contributed by atoms with Crippen molar-refractivity contribution in [1.29, 1.82) is 5.26 Å². The molecular weight excluding hydrogens is 472 g/mol. The van der Waals surface area contributed by atoms with E-state index in [9.17, 15) is 9.59 Å². The number of halogens is 2. The standard InChI is InChI=1S/C20H16BrClN6O2/c1-11-8-12(5-6-23)9-13(19(29)24-2)17(11)26-20(30)15-10-16(21)27-28(15)18-14(22)4-3-7-25-18/h3-4,7-10H,5H2,1-2H3,(H,24,29)(H,26,30). The Kier molecular flexibility index (Phi) is 6.50. The lowest BCUT2D eigenvalue weighted by atomic mass is 10.0. The van der Waals surface area contributed by atoms with Crippen LogP contribution in [0.4, 0.5) is 5.69 Å². The molecule has 152 valence electrons. The molecule has 0 fully saturated rings. The van der Waals surface area contributed by atoms with Gasteiger partial charge in [0.05, 0.1) is 28.8 Å². The van der Waals surface area contributed by atoms with E-state index in [1.54, 1.807) is 37.4 Å². The number of aryl methyl sites for hydroxylation is 1. The maximum Gasteiger partial charge on any atom is 0.274 e. The van der Waals surface area contributed by atoms with Crippen LogP contribution in [0.2, 0.25) is 5.02 Å². The van der Waals surface area contributed by atoms with Gasteiger partial charge in [-0.2, -0.15) is 10.4 Å². The van der Waals surface area contributed by atoms with Gasteiger partial charge in [-0.3, -0.25) is 9.59 Å². The normalized spacial score (nSPS) is 10.4. The predicted molar refractivity (Wildman–Crippen MR) is 116 cm³/mol. The first-order valence-corrected chi connectivity index (χ1v) is 9.93. The average molecular weight is 488 g/mol. The molecule has 8 nitrogen and oxygen atoms in total. The average Bonchev–Trinajstić information content (AvgIpc) is 3.11. The van der Waals surface area contributed by atoms with E-state index in [2.05, 4.69) is 42.7 Å². The fourth-order valence-corrected chi connectivity index (χ4v) is 3.50. The van der Waals surface area contributed by atoms with Crippen LogP contribution in [0.15, 0.2) is 41.1 Å². The van der Waals surface area contributed by atoms with Gasteiger partial charge in [0.15, 0.2) is 5.82 Å². The number of nitriles is 1. The minimum atomic E-state index is -0.504. The highest BCUT2D eigenvalue weighted by Crippen LogP contribution is 2.26. The van der Waals surface area contributed by atoms with Gasteiger partial charge < -0.3 is 10.6 Å². The summed E-state index contributed by atoms with van der Waals surface area (Å²) in [5.74, 6) is -0.588. The monoisotopic (exact) mass is 486 g/mol. The van der Waals surface area contributed by atoms with Crippen LogP contribution in [0.5, 0.6) is 0 Å². The van der Waals surface area contributed by atoms with Crippen LogP contribution in [0.3, 0.4) is 0 Å². The van der Waals surface area contributed by atoms with Gasteiger partial charge in [0.25, 0.3) is 11.8 Å². The van der Waals surface area contributed by atoms with Crippen LogP contribution in [0, 0.1) is 18.3 Å². The summed E-state index contributed by atoms with van der Waals surface area (Å²) in [6, 6.07) is 10.3. The Morgan fingerprint density at radius 2 is 2.07 bits per heavy atom. The molecule has 0 bridgehead atoms. The second-order valence-corrected chi connectivity index (χ2v) is 7.50. The van der Waals surface area contributed by atoms with Crippen molar-refractivity contribution in [2.24, 2.45) is 0 Å². The largest absolute Gasteiger partial charge is 0.355 e. The summed E-state index contributed by atoms with van der Waals surface area (Å²) in [4.78, 5) is 29.7. The maximum atomic E-state index is 13.1. The van der Waals surface area contributed by atoms with Gasteiger partial charge in [0.2, 0.25) is 0 Å². The van der Waals surface area contributed by atoms with Crippen molar-refractivity contribution in [3.63, 3.8) is 0 Å². The molecule has 30 heavy (non-hydrogen) atoms. The number of hydrogen-bond donors (Lipinski definition) is 2. The quantitative estimate of drug-likeness (QED) is 0.570. The van der Waals surface area contributed by atoms with Gasteiger partial charge in [0.1, 0.15) is 10.3 Å². The number of rotatable bonds is 5. The van der Waals surface area contributed by atoms with Crippen LogP contribution in [0.1, 0.15) is 32.0 Å². The third kappa shape index (κ3) is 4.35. The molecular formula is C20H16BrClN6O2. The van der Waals surface area contributed by atoms with Crippen molar-refractivity contribution < 1.29 is 9.59 Å². The molecule has 0 atom stereocenters. The number of carbonyl (C=O) groups is 2. The second-order valence-electron chi connectivity index (χ2n) is 6.28. The lowest BCUT2D eigenvalue weighted by molar-refractivity contribution is 0.0964. The van der Waals surface area contributed by atoms with E-state index >= 15 is 0 Å². The molecule has 0 spiro atoms. The van der Waals surface area contributed by atoms with Gasteiger partial charge in [-0.15, -0.1) is 0 Å². The zero-order chi connectivity index (χ0) is 21.8. The lowest BCUT2D eigenvalue weighted by Gasteiger charge is -2.15. The van der Waals surface area contributed by atoms with Crippen molar-refractivity contribution in [1.82, 2.24) is 20.1 Å². The van der Waals surface area contributed by atoms with E-state index in [0.717, 1.165) is 0 Å². The smallest absolute Gasteiger partial charge is 0.274 e. The van der Waals surface area contributed by atoms with Gasteiger partial charge in [0, 0.05) is 19.3 Å². The Labute approximate surface area is 186 Å². The van der Waals surface area contributed by atoms with Gasteiger partial charge in [-0.25, -0.2) is 9.67 Å². The fourth-order valence-electron chi connectivity index (χ4n) is 2.92. The number of hydrogen-bond acceptors (Lipinski definition) is 5. The highest BCUT2D eigenvalue weighted by molar-refractivity contribution is 9.10. The van der Waals surface area contributed by atoms with E-state index in [1.807, 2.05) is 0 Å². The number of nitrogens with one attached hydrogen (secondary N) is 2. The van der Waals surface area contributed by atoms with Crippen LogP contribution in [-0.4, -0.2) is 33.6 Å². The molecule has 1 aromatic carbocycles. The maximum absolute atomic E-state index is 13.1. The molecule has 2 amide bonds. The van der Waals surface area contributed by atoms with E-state index in [0.29, 0.717) is 32.3 Å². The third-order valence-electron chi connectivity index (χ3n) is 4.24. The van der Waals surface area contributed by atoms with E-state index < -0.39 is 5.91 Å². The minimum Gasteiger partial charge on any atom is -0.355 e. The molecule has 0 aliphatic rings. The Morgan fingerprint density at radius 3 is 2.73 bits per heavy atom. The predicted octanol–water partition coefficient (Wildman–Crippen LogP) is 3.67. The molecule has 0 saturated heterocycles. The Balaban J connectivity index is 2.05. The first kappa shape index (κ1) is 21.5. The first-order valence-electron chi connectivity index (χ1n) is 8.76. The fraction of sp³-hybridized carbons (Fsp3) is 0.150. The van der Waals surface area contributed by atoms with Gasteiger partial charge in [-0.1, -0.05) is 17.7 Å². The lowest BCUT2D eigenvalue weighted by Crippen LogP contribution is -2.24. The molecule has 2 heterocycles. The second kappa shape index (κ2) is 9.07. The molecule has 0 unspecified atom stereocenters. The summed E-state index contributed by atoms with van der Waals surface area (Å²) in [6.07, 6.45) is 1.69.